The third kappa shape index (κ3) is 3.36. The predicted molar refractivity (Wildman–Crippen MR) is 75.5 cm³/mol. The standard InChI is InChI=1S/C14H21N3O2/c1-3-12-6-4-5-9-17(12)13-8-7-11(10-15-13)16-14(18)19-2/h7-8,10,12H,3-6,9H2,1-2H3,(H,16,18). The highest BCUT2D eigenvalue weighted by molar-refractivity contribution is 5.84. The van der Waals surface area contributed by atoms with Crippen molar-refractivity contribution >= 4 is 17.6 Å². The quantitative estimate of drug-likeness (QED) is 0.910. The van der Waals surface area contributed by atoms with Crippen molar-refractivity contribution in [2.24, 2.45) is 0 Å². The maximum atomic E-state index is 11.1. The van der Waals surface area contributed by atoms with Crippen LogP contribution in [0, 0.1) is 0 Å². The van der Waals surface area contributed by atoms with E-state index in [1.165, 1.54) is 26.4 Å². The minimum atomic E-state index is -0.473. The summed E-state index contributed by atoms with van der Waals surface area (Å²) in [5.41, 5.74) is 0.653. The molecule has 1 unspecified atom stereocenters. The van der Waals surface area contributed by atoms with Gasteiger partial charge in [0.05, 0.1) is 19.0 Å². The van der Waals surface area contributed by atoms with E-state index in [2.05, 4.69) is 26.9 Å². The molecule has 1 aromatic heterocycles. The second-order valence-electron chi connectivity index (χ2n) is 4.77. The summed E-state index contributed by atoms with van der Waals surface area (Å²) in [7, 11) is 1.34. The van der Waals surface area contributed by atoms with Crippen LogP contribution < -0.4 is 10.2 Å². The topological polar surface area (TPSA) is 54.5 Å². The lowest BCUT2D eigenvalue weighted by Gasteiger charge is -2.36. The Hall–Kier alpha value is -1.78. The number of amides is 1. The van der Waals surface area contributed by atoms with Crippen molar-refractivity contribution in [2.75, 3.05) is 23.9 Å². The van der Waals surface area contributed by atoms with E-state index in [1.807, 2.05) is 12.1 Å². The van der Waals surface area contributed by atoms with Gasteiger partial charge in [0.25, 0.3) is 0 Å². The molecule has 19 heavy (non-hydrogen) atoms. The fourth-order valence-corrected chi connectivity index (χ4v) is 2.53. The number of piperidine rings is 1. The third-order valence-electron chi connectivity index (χ3n) is 3.57. The highest BCUT2D eigenvalue weighted by Crippen LogP contribution is 2.25. The lowest BCUT2D eigenvalue weighted by molar-refractivity contribution is 0.187. The summed E-state index contributed by atoms with van der Waals surface area (Å²) in [4.78, 5) is 17.9. The Morgan fingerprint density at radius 1 is 1.53 bits per heavy atom. The Morgan fingerprint density at radius 3 is 3.00 bits per heavy atom. The van der Waals surface area contributed by atoms with Gasteiger partial charge < -0.3 is 9.64 Å². The molecule has 0 saturated carbocycles. The molecular formula is C14H21N3O2. The van der Waals surface area contributed by atoms with Crippen LogP contribution in [0.1, 0.15) is 32.6 Å². The summed E-state index contributed by atoms with van der Waals surface area (Å²) in [5.74, 6) is 0.988. The molecule has 1 N–H and O–H groups in total. The SMILES string of the molecule is CCC1CCCCN1c1ccc(NC(=O)OC)cn1. The van der Waals surface area contributed by atoms with Gasteiger partial charge in [0.15, 0.2) is 0 Å². The van der Waals surface area contributed by atoms with Gasteiger partial charge in [-0.05, 0) is 37.8 Å². The first kappa shape index (κ1) is 13.6. The van der Waals surface area contributed by atoms with Crippen LogP contribution in [0.3, 0.4) is 0 Å². The number of ether oxygens (including phenoxy) is 1. The molecule has 2 heterocycles. The van der Waals surface area contributed by atoms with Crippen LogP contribution in [0.2, 0.25) is 0 Å². The molecule has 0 spiro atoms. The number of methoxy groups -OCH3 is 1. The predicted octanol–water partition coefficient (Wildman–Crippen LogP) is 3.03. The average Bonchev–Trinajstić information content (AvgIpc) is 2.48. The summed E-state index contributed by atoms with van der Waals surface area (Å²) in [6, 6.07) is 4.40. The smallest absolute Gasteiger partial charge is 0.411 e. The Labute approximate surface area is 114 Å². The first-order valence-corrected chi connectivity index (χ1v) is 6.82. The van der Waals surface area contributed by atoms with Crippen LogP contribution in [0.25, 0.3) is 0 Å². The number of nitrogens with one attached hydrogen (secondary N) is 1. The zero-order chi connectivity index (χ0) is 13.7. The second kappa shape index (κ2) is 6.41. The molecule has 1 saturated heterocycles. The summed E-state index contributed by atoms with van der Waals surface area (Å²) in [6.07, 6.45) is 6.11. The number of aromatic nitrogens is 1. The maximum absolute atomic E-state index is 11.1. The van der Waals surface area contributed by atoms with Crippen LogP contribution in [-0.4, -0.2) is 30.8 Å². The van der Waals surface area contributed by atoms with Crippen molar-refractivity contribution in [3.05, 3.63) is 18.3 Å². The summed E-state index contributed by atoms with van der Waals surface area (Å²) in [5, 5.41) is 2.60. The number of hydrogen-bond acceptors (Lipinski definition) is 4. The number of nitrogens with zero attached hydrogens (tertiary/aromatic N) is 2. The van der Waals surface area contributed by atoms with Crippen molar-refractivity contribution in [3.63, 3.8) is 0 Å². The maximum Gasteiger partial charge on any atom is 0.411 e. The van der Waals surface area contributed by atoms with E-state index in [0.29, 0.717) is 11.7 Å². The molecule has 104 valence electrons. The Bertz CT molecular complexity index is 419. The van der Waals surface area contributed by atoms with Gasteiger partial charge in [-0.25, -0.2) is 9.78 Å². The van der Waals surface area contributed by atoms with E-state index in [4.69, 9.17) is 0 Å². The molecule has 0 aromatic carbocycles. The number of anilines is 2. The number of pyridine rings is 1. The molecule has 5 heteroatoms. The van der Waals surface area contributed by atoms with Gasteiger partial charge in [-0.3, -0.25) is 5.32 Å². The monoisotopic (exact) mass is 263 g/mol. The minimum absolute atomic E-state index is 0.473. The lowest BCUT2D eigenvalue weighted by Crippen LogP contribution is -2.39. The van der Waals surface area contributed by atoms with Crippen molar-refractivity contribution in [1.82, 2.24) is 4.98 Å². The van der Waals surface area contributed by atoms with Gasteiger partial charge in [0, 0.05) is 12.6 Å². The van der Waals surface area contributed by atoms with Crippen molar-refractivity contribution in [3.8, 4) is 0 Å². The van der Waals surface area contributed by atoms with E-state index in [0.717, 1.165) is 18.8 Å². The molecule has 1 aromatic rings. The normalized spacial score (nSPS) is 19.1. The van der Waals surface area contributed by atoms with Crippen LogP contribution in [0.4, 0.5) is 16.3 Å². The zero-order valence-corrected chi connectivity index (χ0v) is 11.6. The van der Waals surface area contributed by atoms with E-state index >= 15 is 0 Å². The summed E-state index contributed by atoms with van der Waals surface area (Å²) < 4.78 is 4.55. The molecule has 1 amide bonds. The van der Waals surface area contributed by atoms with E-state index in [9.17, 15) is 4.79 Å². The number of hydrogen-bond donors (Lipinski definition) is 1. The number of rotatable bonds is 3. The van der Waals surface area contributed by atoms with Crippen LogP contribution in [0.5, 0.6) is 0 Å². The van der Waals surface area contributed by atoms with Gasteiger partial charge in [-0.2, -0.15) is 0 Å². The fourth-order valence-electron chi connectivity index (χ4n) is 2.53. The molecule has 1 aliphatic rings. The molecule has 0 bridgehead atoms. The lowest BCUT2D eigenvalue weighted by atomic mass is 10.00. The fraction of sp³-hybridized carbons (Fsp3) is 0.571. The Balaban J connectivity index is 2.06. The van der Waals surface area contributed by atoms with Crippen molar-refractivity contribution in [2.45, 2.75) is 38.6 Å². The molecule has 2 rings (SSSR count). The average molecular weight is 263 g/mol. The molecular weight excluding hydrogens is 242 g/mol. The van der Waals surface area contributed by atoms with Gasteiger partial charge in [0.1, 0.15) is 5.82 Å². The first-order valence-electron chi connectivity index (χ1n) is 6.82. The largest absolute Gasteiger partial charge is 0.453 e. The minimum Gasteiger partial charge on any atom is -0.453 e. The van der Waals surface area contributed by atoms with Crippen molar-refractivity contribution in [1.29, 1.82) is 0 Å². The summed E-state index contributed by atoms with van der Waals surface area (Å²) in [6.45, 7) is 3.28. The third-order valence-corrected chi connectivity index (χ3v) is 3.57. The first-order chi connectivity index (χ1) is 9.24. The Morgan fingerprint density at radius 2 is 2.37 bits per heavy atom. The molecule has 1 atom stereocenters. The molecule has 0 radical (unpaired) electrons. The summed E-state index contributed by atoms with van der Waals surface area (Å²) >= 11 is 0. The molecule has 5 nitrogen and oxygen atoms in total. The van der Waals surface area contributed by atoms with Crippen LogP contribution >= 0.6 is 0 Å². The van der Waals surface area contributed by atoms with Gasteiger partial charge in [-0.15, -0.1) is 0 Å². The van der Waals surface area contributed by atoms with E-state index < -0.39 is 6.09 Å². The molecule has 0 aliphatic carbocycles. The number of carbonyl (C=O) groups excluding carboxylic acids is 1. The van der Waals surface area contributed by atoms with E-state index in [-0.39, 0.29) is 0 Å². The van der Waals surface area contributed by atoms with Crippen LogP contribution in [-0.2, 0) is 4.74 Å². The molecule has 1 fully saturated rings. The highest BCUT2D eigenvalue weighted by Gasteiger charge is 2.21. The molecule has 1 aliphatic heterocycles. The highest BCUT2D eigenvalue weighted by atomic mass is 16.5. The van der Waals surface area contributed by atoms with Crippen molar-refractivity contribution < 1.29 is 9.53 Å². The van der Waals surface area contributed by atoms with Crippen LogP contribution in [0.15, 0.2) is 18.3 Å². The number of carbonyl (C=O) groups is 1. The zero-order valence-electron chi connectivity index (χ0n) is 11.6. The Kier molecular flexibility index (Phi) is 4.60. The van der Waals surface area contributed by atoms with Gasteiger partial charge in [-0.1, -0.05) is 6.92 Å². The van der Waals surface area contributed by atoms with Gasteiger partial charge >= 0.3 is 6.09 Å². The van der Waals surface area contributed by atoms with E-state index in [1.54, 1.807) is 6.20 Å². The second-order valence-corrected chi connectivity index (χ2v) is 4.77. The van der Waals surface area contributed by atoms with Gasteiger partial charge in [0.2, 0.25) is 0 Å².